The van der Waals surface area contributed by atoms with E-state index in [1.165, 1.54) is 16.1 Å². The van der Waals surface area contributed by atoms with E-state index < -0.39 is 0 Å². The van der Waals surface area contributed by atoms with E-state index in [1.807, 2.05) is 18.2 Å². The number of thiazole rings is 1. The Kier molecular flexibility index (Phi) is 2.73. The van der Waals surface area contributed by atoms with Crippen molar-refractivity contribution in [3.8, 4) is 0 Å². The van der Waals surface area contributed by atoms with Gasteiger partial charge in [0.1, 0.15) is 0 Å². The number of hydrogen-bond acceptors (Lipinski definition) is 2. The van der Waals surface area contributed by atoms with Crippen molar-refractivity contribution in [3.63, 3.8) is 0 Å². The van der Waals surface area contributed by atoms with Gasteiger partial charge in [-0.25, -0.2) is 0 Å². The molecule has 0 bridgehead atoms. The molecule has 0 saturated carbocycles. The molecular formula is C12H14N2S. The summed E-state index contributed by atoms with van der Waals surface area (Å²) < 4.78 is 2.05. The number of nitrogens with one attached hydrogen (secondary N) is 1. The molecule has 2 aromatic rings. The first kappa shape index (κ1) is 10.2. The predicted octanol–water partition coefficient (Wildman–Crippen LogP) is 2.69. The van der Waals surface area contributed by atoms with Crippen LogP contribution >= 0.6 is 11.3 Å². The smallest absolute Gasteiger partial charge is 0.182 e. The zero-order valence-electron chi connectivity index (χ0n) is 8.95. The molecule has 15 heavy (non-hydrogen) atoms. The Bertz CT molecular complexity index is 508. The lowest BCUT2D eigenvalue weighted by Crippen LogP contribution is -2.15. The van der Waals surface area contributed by atoms with Gasteiger partial charge in [-0.15, -0.1) is 11.3 Å². The molecule has 0 atom stereocenters. The summed E-state index contributed by atoms with van der Waals surface area (Å²) in [6.07, 6.45) is 0. The zero-order chi connectivity index (χ0) is 10.8. The van der Waals surface area contributed by atoms with Crippen LogP contribution in [0.5, 0.6) is 0 Å². The molecule has 3 heteroatoms. The van der Waals surface area contributed by atoms with Crippen LogP contribution in [0.25, 0.3) is 0 Å². The summed E-state index contributed by atoms with van der Waals surface area (Å²) in [5.41, 5.74) is 2.45. The van der Waals surface area contributed by atoms with Gasteiger partial charge < -0.3 is 4.57 Å². The fourth-order valence-electron chi connectivity index (χ4n) is 1.57. The van der Waals surface area contributed by atoms with Gasteiger partial charge in [0.25, 0.3) is 0 Å². The third-order valence-electron chi connectivity index (χ3n) is 2.59. The highest BCUT2D eigenvalue weighted by atomic mass is 32.1. The van der Waals surface area contributed by atoms with Crippen LogP contribution in [0.3, 0.4) is 0 Å². The standard InChI is InChI=1S/C12H14N2S/c1-9-10(2)15-12(13)14(9)8-11-6-4-3-5-7-11/h3-7,13H,8H2,1-2H3. The molecule has 0 aliphatic rings. The third kappa shape index (κ3) is 2.02. The van der Waals surface area contributed by atoms with Crippen molar-refractivity contribution < 1.29 is 0 Å². The van der Waals surface area contributed by atoms with E-state index in [-0.39, 0.29) is 0 Å². The normalized spacial score (nSPS) is 10.5. The molecule has 0 aliphatic heterocycles. The lowest BCUT2D eigenvalue weighted by atomic mass is 10.2. The zero-order valence-corrected chi connectivity index (χ0v) is 9.77. The summed E-state index contributed by atoms with van der Waals surface area (Å²) in [6.45, 7) is 4.95. The Morgan fingerprint density at radius 2 is 1.87 bits per heavy atom. The second-order valence-electron chi connectivity index (χ2n) is 3.62. The molecule has 1 aromatic heterocycles. The van der Waals surface area contributed by atoms with Crippen LogP contribution in [-0.4, -0.2) is 4.57 Å². The highest BCUT2D eigenvalue weighted by Gasteiger charge is 2.04. The van der Waals surface area contributed by atoms with Gasteiger partial charge in [-0.2, -0.15) is 0 Å². The van der Waals surface area contributed by atoms with Crippen LogP contribution in [0.1, 0.15) is 16.1 Å². The van der Waals surface area contributed by atoms with Crippen molar-refractivity contribution in [2.75, 3.05) is 0 Å². The van der Waals surface area contributed by atoms with E-state index in [4.69, 9.17) is 5.41 Å². The van der Waals surface area contributed by atoms with E-state index in [2.05, 4.69) is 30.5 Å². The van der Waals surface area contributed by atoms with Gasteiger partial charge in [0.05, 0.1) is 6.54 Å². The van der Waals surface area contributed by atoms with Crippen molar-refractivity contribution in [2.24, 2.45) is 0 Å². The Morgan fingerprint density at radius 3 is 2.40 bits per heavy atom. The number of hydrogen-bond donors (Lipinski definition) is 1. The average Bonchev–Trinajstić information content (AvgIpc) is 2.47. The van der Waals surface area contributed by atoms with Gasteiger partial charge in [0.2, 0.25) is 0 Å². The quantitative estimate of drug-likeness (QED) is 0.803. The first-order chi connectivity index (χ1) is 7.18. The molecule has 0 unspecified atom stereocenters. The molecule has 0 fully saturated rings. The minimum Gasteiger partial charge on any atom is -0.317 e. The van der Waals surface area contributed by atoms with Crippen LogP contribution in [0.2, 0.25) is 0 Å². The van der Waals surface area contributed by atoms with Crippen molar-refractivity contribution in [2.45, 2.75) is 20.4 Å². The lowest BCUT2D eigenvalue weighted by Gasteiger charge is -2.05. The fraction of sp³-hybridized carbons (Fsp3) is 0.250. The molecule has 0 radical (unpaired) electrons. The first-order valence-electron chi connectivity index (χ1n) is 4.94. The van der Waals surface area contributed by atoms with E-state index in [9.17, 15) is 0 Å². The number of nitrogens with zero attached hydrogens (tertiary/aromatic N) is 1. The van der Waals surface area contributed by atoms with Crippen LogP contribution in [-0.2, 0) is 6.54 Å². The second-order valence-corrected chi connectivity index (χ2v) is 4.82. The topological polar surface area (TPSA) is 28.8 Å². The first-order valence-corrected chi connectivity index (χ1v) is 5.75. The van der Waals surface area contributed by atoms with E-state index in [0.29, 0.717) is 4.80 Å². The molecule has 0 aliphatic carbocycles. The highest BCUT2D eigenvalue weighted by molar-refractivity contribution is 7.09. The molecular weight excluding hydrogens is 204 g/mol. The van der Waals surface area contributed by atoms with E-state index in [0.717, 1.165) is 6.54 Å². The van der Waals surface area contributed by atoms with Gasteiger partial charge in [-0.05, 0) is 19.4 Å². The molecule has 0 amide bonds. The average molecular weight is 218 g/mol. The molecule has 1 heterocycles. The van der Waals surface area contributed by atoms with Crippen molar-refractivity contribution in [1.29, 1.82) is 5.41 Å². The molecule has 0 spiro atoms. The molecule has 2 nitrogen and oxygen atoms in total. The second kappa shape index (κ2) is 4.03. The SMILES string of the molecule is Cc1sc(=N)n(Cc2ccccc2)c1C. The van der Waals surface area contributed by atoms with E-state index in [1.54, 1.807) is 11.3 Å². The molecule has 1 aromatic carbocycles. The Labute approximate surface area is 93.3 Å². The van der Waals surface area contributed by atoms with Crippen LogP contribution in [0.15, 0.2) is 30.3 Å². The molecule has 0 saturated heterocycles. The van der Waals surface area contributed by atoms with Gasteiger partial charge in [0.15, 0.2) is 4.80 Å². The number of benzene rings is 1. The van der Waals surface area contributed by atoms with Crippen molar-refractivity contribution in [3.05, 3.63) is 51.3 Å². The maximum absolute atomic E-state index is 7.86. The van der Waals surface area contributed by atoms with Crippen LogP contribution in [0, 0.1) is 19.3 Å². The summed E-state index contributed by atoms with van der Waals surface area (Å²) in [5.74, 6) is 0. The van der Waals surface area contributed by atoms with Gasteiger partial charge in [-0.1, -0.05) is 30.3 Å². The minimum atomic E-state index is 0.633. The Morgan fingerprint density at radius 1 is 1.20 bits per heavy atom. The number of rotatable bonds is 2. The number of aryl methyl sites for hydroxylation is 1. The monoisotopic (exact) mass is 218 g/mol. The van der Waals surface area contributed by atoms with Crippen molar-refractivity contribution >= 4 is 11.3 Å². The maximum Gasteiger partial charge on any atom is 0.182 e. The summed E-state index contributed by atoms with van der Waals surface area (Å²) in [6, 6.07) is 10.3. The molecule has 78 valence electrons. The summed E-state index contributed by atoms with van der Waals surface area (Å²) in [5, 5.41) is 7.86. The number of aromatic nitrogens is 1. The lowest BCUT2D eigenvalue weighted by molar-refractivity contribution is 0.730. The maximum atomic E-state index is 7.86. The van der Waals surface area contributed by atoms with Gasteiger partial charge >= 0.3 is 0 Å². The Balaban J connectivity index is 2.37. The predicted molar refractivity (Wildman–Crippen MR) is 63.2 cm³/mol. The summed E-state index contributed by atoms with van der Waals surface area (Å²) >= 11 is 1.54. The van der Waals surface area contributed by atoms with Gasteiger partial charge in [-0.3, -0.25) is 5.41 Å². The van der Waals surface area contributed by atoms with E-state index >= 15 is 0 Å². The molecule has 1 N–H and O–H groups in total. The molecule has 2 rings (SSSR count). The van der Waals surface area contributed by atoms with Crippen molar-refractivity contribution in [1.82, 2.24) is 4.57 Å². The Hall–Kier alpha value is -1.35. The largest absolute Gasteiger partial charge is 0.317 e. The summed E-state index contributed by atoms with van der Waals surface area (Å²) in [7, 11) is 0. The third-order valence-corrected chi connectivity index (χ3v) is 3.61. The van der Waals surface area contributed by atoms with Crippen LogP contribution < -0.4 is 4.80 Å². The minimum absolute atomic E-state index is 0.633. The summed E-state index contributed by atoms with van der Waals surface area (Å²) in [4.78, 5) is 1.87. The van der Waals surface area contributed by atoms with Crippen LogP contribution in [0.4, 0.5) is 0 Å². The fourth-order valence-corrected chi connectivity index (χ4v) is 2.43. The van der Waals surface area contributed by atoms with Gasteiger partial charge in [0, 0.05) is 10.6 Å². The highest BCUT2D eigenvalue weighted by Crippen LogP contribution is 2.11.